The highest BCUT2D eigenvalue weighted by molar-refractivity contribution is 7.90. The Morgan fingerprint density at radius 3 is 1.56 bits per heavy atom. The van der Waals surface area contributed by atoms with Gasteiger partial charge in [-0.25, -0.2) is 13.2 Å². The number of rotatable bonds is 18. The highest BCUT2D eigenvalue weighted by Crippen LogP contribution is 2.24. The van der Waals surface area contributed by atoms with Gasteiger partial charge in [0.05, 0.1) is 37.3 Å². The Morgan fingerprint density at radius 2 is 1.00 bits per heavy atom. The summed E-state index contributed by atoms with van der Waals surface area (Å²) in [6.07, 6.45) is -5.66. The van der Waals surface area contributed by atoms with Crippen LogP contribution in [0.2, 0.25) is 10.0 Å². The number of likely N-dealkylation sites (N-methyl/N-ethyl adjacent to an activating group) is 3. The molecule has 2 fully saturated rings. The molecular weight excluding hydrogens is 1490 g/mol. The van der Waals surface area contributed by atoms with E-state index in [1.165, 1.54) is 43.4 Å². The highest BCUT2D eigenvalue weighted by Gasteiger charge is 2.46. The minimum Gasteiger partial charge on any atom is -0.480 e. The Kier molecular flexibility index (Phi) is 30.6. The number of halogens is 2. The number of aromatic amines is 1. The van der Waals surface area contributed by atoms with Crippen LogP contribution in [-0.2, 0) is 97.8 Å². The van der Waals surface area contributed by atoms with Crippen LogP contribution in [0.15, 0.2) is 109 Å². The summed E-state index contributed by atoms with van der Waals surface area (Å²) in [5, 5.41) is 85.5. The van der Waals surface area contributed by atoms with Crippen molar-refractivity contribution in [1.82, 2.24) is 67.1 Å². The fraction of sp³-hybridized carbons (Fsp3) is 0.458. The smallest absolute Gasteiger partial charge is 0.326 e. The zero-order valence-electron chi connectivity index (χ0n) is 60.6. The molecule has 109 heavy (non-hydrogen) atoms. The number of aliphatic hydroxyl groups is 5. The van der Waals surface area contributed by atoms with Crippen molar-refractivity contribution in [3.8, 4) is 0 Å². The molecule has 3 heterocycles. The number of hydrogen-bond donors (Lipinski definition) is 15. The molecule has 5 aromatic rings. The first-order valence-electron chi connectivity index (χ1n) is 34.7. The maximum atomic E-state index is 15.6. The predicted octanol–water partition coefficient (Wildman–Crippen LogP) is -3.24. The number of aromatic nitrogens is 1. The maximum Gasteiger partial charge on any atom is 0.326 e. The average Bonchev–Trinajstić information content (AvgIpc) is 1.81. The molecular formula is C72H91Cl2N13O21S. The zero-order valence-corrected chi connectivity index (χ0v) is 62.9. The van der Waals surface area contributed by atoms with Crippen LogP contribution in [0.1, 0.15) is 62.3 Å². The fourth-order valence-electron chi connectivity index (χ4n) is 12.6. The molecule has 4 aromatic carbocycles. The molecule has 2 aliphatic rings. The Labute approximate surface area is 637 Å². The van der Waals surface area contributed by atoms with E-state index in [1.807, 2.05) is 5.32 Å². The number of likely N-dealkylation sites (tertiary alicyclic amines) is 1. The van der Waals surface area contributed by atoms with Crippen molar-refractivity contribution in [3.63, 3.8) is 0 Å². The standard InChI is InChI=1S/C72H91Cl2N13O21S/c1-37(90)56-65(98)76-48(26-28-109(7,107)108)68(101)84(4)53(31-40-15-9-8-10-16-40)62(95)81-57(38(2)91)66(99)77-49(33-43-34-75-47-20-12-11-19-46(43)47)60(93)78-50(30-42-17-13-18-45(74)29-42)69(102)85(5)54(32-41-22-24-44(73)25-23-41)63(96)82-58(39(3)92)70(103)86(6)55(36-89)64(97)83-59(67(100)79-51(35-88)61(94)80-56)71(104)87-27-14-21-52(87)72(105)106/h8-13,15-20,22-25,29,34,37-39,48-59,75,88-92H,14,21,26-28,30-33,35-36H2,1-7H3,(H,76,98)(H,77,99)(H,78,93)(H,79,100)(H,80,94)(H,81,95)(H,82,96)(H,83,97)(H,105,106)/t37-,38-,39-,48+,49+,50+,51+,52?,53+,54+,55+,56+,57+,58+,59+/m1/s1. The summed E-state index contributed by atoms with van der Waals surface area (Å²) in [6.45, 7) is 0.115. The van der Waals surface area contributed by atoms with Crippen molar-refractivity contribution >= 4 is 121 Å². The van der Waals surface area contributed by atoms with E-state index in [0.29, 0.717) is 43.0 Å². The van der Waals surface area contributed by atoms with Crippen molar-refractivity contribution in [1.29, 1.82) is 0 Å². The van der Waals surface area contributed by atoms with Gasteiger partial charge in [-0.05, 0) is 92.6 Å². The first-order valence-corrected chi connectivity index (χ1v) is 37.5. The number of carboxylic acid groups (broad SMARTS) is 1. The van der Waals surface area contributed by atoms with Crippen LogP contribution < -0.4 is 42.5 Å². The third-order valence-corrected chi connectivity index (χ3v) is 20.3. The summed E-state index contributed by atoms with van der Waals surface area (Å²) in [5.74, 6) is -18.0. The molecule has 0 bridgehead atoms. The number of aliphatic hydroxyl groups excluding tert-OH is 5. The van der Waals surface area contributed by atoms with Gasteiger partial charge in [0.2, 0.25) is 59.1 Å². The molecule has 0 radical (unpaired) electrons. The van der Waals surface area contributed by atoms with Gasteiger partial charge in [0.25, 0.3) is 11.8 Å². The largest absolute Gasteiger partial charge is 0.480 e. The minimum absolute atomic E-state index is 0.0570. The molecule has 1 aromatic heterocycles. The summed E-state index contributed by atoms with van der Waals surface area (Å²) in [6, 6.07) is 3.21. The maximum absolute atomic E-state index is 15.6. The van der Waals surface area contributed by atoms with Gasteiger partial charge >= 0.3 is 5.97 Å². The quantitative estimate of drug-likeness (QED) is 0.0383. The molecule has 34 nitrogen and oxygen atoms in total. The molecule has 12 amide bonds. The molecule has 0 spiro atoms. The van der Waals surface area contributed by atoms with Gasteiger partial charge in [-0.2, -0.15) is 0 Å². The number of carboxylic acids is 1. The first kappa shape index (κ1) is 86.1. The van der Waals surface area contributed by atoms with Crippen LogP contribution in [0.3, 0.4) is 0 Å². The van der Waals surface area contributed by atoms with E-state index < -0.39 is 203 Å². The average molecular weight is 1580 g/mol. The number of sulfone groups is 1. The highest BCUT2D eigenvalue weighted by atomic mass is 35.5. The van der Waals surface area contributed by atoms with E-state index in [0.717, 1.165) is 50.9 Å². The third-order valence-electron chi connectivity index (χ3n) is 18.8. The zero-order chi connectivity index (χ0) is 80.5. The summed E-state index contributed by atoms with van der Waals surface area (Å²) >= 11 is 12.8. The molecule has 590 valence electrons. The molecule has 1 unspecified atom stereocenters. The van der Waals surface area contributed by atoms with Gasteiger partial charge in [-0.3, -0.25) is 57.5 Å². The van der Waals surface area contributed by atoms with Crippen LogP contribution in [0.25, 0.3) is 10.9 Å². The van der Waals surface area contributed by atoms with Gasteiger partial charge < -0.3 is 97.8 Å². The molecule has 2 saturated heterocycles. The number of aliphatic carboxylic acids is 1. The van der Waals surface area contributed by atoms with Gasteiger partial charge in [0, 0.05) is 86.8 Å². The molecule has 37 heteroatoms. The normalized spacial score (nSPS) is 25.2. The number of nitrogens with zero attached hydrogens (tertiary/aromatic N) is 4. The number of carbonyl (C=O) groups is 13. The lowest BCUT2D eigenvalue weighted by Gasteiger charge is -2.35. The molecule has 15 N–H and O–H groups in total. The second-order valence-corrected chi connectivity index (χ2v) is 30.1. The summed E-state index contributed by atoms with van der Waals surface area (Å²) in [4.78, 5) is 197. The van der Waals surface area contributed by atoms with Crippen LogP contribution >= 0.6 is 23.2 Å². The number of nitrogens with one attached hydrogen (secondary N) is 9. The Morgan fingerprint density at radius 1 is 0.505 bits per heavy atom. The Hall–Kier alpha value is -10.1. The monoisotopic (exact) mass is 1580 g/mol. The number of amides is 12. The first-order chi connectivity index (χ1) is 51.4. The van der Waals surface area contributed by atoms with Crippen LogP contribution in [0.4, 0.5) is 0 Å². The van der Waals surface area contributed by atoms with Crippen LogP contribution in [0.5, 0.6) is 0 Å². The van der Waals surface area contributed by atoms with Gasteiger partial charge in [-0.15, -0.1) is 0 Å². The number of H-pyrrole nitrogens is 1. The lowest BCUT2D eigenvalue weighted by Crippen LogP contribution is -2.65. The third kappa shape index (κ3) is 23.0. The van der Waals surface area contributed by atoms with E-state index >= 15 is 28.8 Å². The van der Waals surface area contributed by atoms with Gasteiger partial charge in [0.1, 0.15) is 76.3 Å². The molecule has 2 aliphatic heterocycles. The van der Waals surface area contributed by atoms with Crippen LogP contribution in [-0.4, -0.2) is 284 Å². The van der Waals surface area contributed by atoms with Crippen molar-refractivity contribution in [2.45, 2.75) is 157 Å². The topological polar surface area (TPSA) is 502 Å². The van der Waals surface area contributed by atoms with E-state index in [4.69, 9.17) is 23.2 Å². The van der Waals surface area contributed by atoms with Crippen molar-refractivity contribution in [2.75, 3.05) is 52.9 Å². The van der Waals surface area contributed by atoms with Crippen LogP contribution in [0, 0.1) is 0 Å². The second kappa shape index (κ2) is 38.8. The van der Waals surface area contributed by atoms with Crippen molar-refractivity contribution in [2.24, 2.45) is 0 Å². The number of para-hydroxylation sites is 1. The number of fused-ring (bicyclic) bond motifs is 1. The Bertz CT molecular complexity index is 4270. The van der Waals surface area contributed by atoms with E-state index in [1.54, 1.807) is 72.9 Å². The number of carbonyl (C=O) groups excluding carboxylic acids is 12. The van der Waals surface area contributed by atoms with Crippen molar-refractivity contribution < 1.29 is 101 Å². The lowest BCUT2D eigenvalue weighted by atomic mass is 9.99. The molecule has 15 atom stereocenters. The Balaban J connectivity index is 1.39. The second-order valence-electron chi connectivity index (χ2n) is 27.0. The number of benzene rings is 4. The molecule has 0 saturated carbocycles. The summed E-state index contributed by atoms with van der Waals surface area (Å²) < 4.78 is 25.6. The predicted molar refractivity (Wildman–Crippen MR) is 393 cm³/mol. The molecule has 0 aliphatic carbocycles. The minimum atomic E-state index is -4.02. The SMILES string of the molecule is C[C@@H](O)[C@@H]1NC(=O)[C@H](CO)NC(=O)[C@@H](C(=O)N2CCCC2C(=O)O)NC(=O)[C@H](CO)N(C)C(=O)[C@H]([C@@H](C)O)NC(=O)[C@H](Cc2ccc(Cl)cc2)N(C)C(=O)[C@H](Cc2cccc(Cl)c2)NC(=O)[C@H](Cc2c[nH]c3ccccc23)NC(=O)[C@H]([C@@H](C)O)NC(=O)[C@H](Cc2ccccc2)N(C)C(=O)[C@H](CCS(C)(=O)=O)NC1=O. The van der Waals surface area contributed by atoms with Gasteiger partial charge in [0.15, 0.2) is 6.04 Å². The summed E-state index contributed by atoms with van der Waals surface area (Å²) in [5.41, 5.74) is 2.11. The van der Waals surface area contributed by atoms with E-state index in [9.17, 15) is 72.6 Å². The number of hydrogen-bond acceptors (Lipinski definition) is 20. The summed E-state index contributed by atoms with van der Waals surface area (Å²) in [7, 11) is -0.822. The van der Waals surface area contributed by atoms with Crippen molar-refractivity contribution in [3.05, 3.63) is 142 Å². The van der Waals surface area contributed by atoms with E-state index in [-0.39, 0.29) is 55.1 Å². The van der Waals surface area contributed by atoms with E-state index in [2.05, 4.69) is 42.2 Å². The molecule has 7 rings (SSSR count). The lowest BCUT2D eigenvalue weighted by molar-refractivity contribution is -0.152. The fourth-order valence-corrected chi connectivity index (χ4v) is 13.6. The van der Waals surface area contributed by atoms with Gasteiger partial charge in [-0.1, -0.05) is 96.0 Å².